The van der Waals surface area contributed by atoms with Gasteiger partial charge in [-0.3, -0.25) is 0 Å². The smallest absolute Gasteiger partial charge is 0.246 e. The van der Waals surface area contributed by atoms with Gasteiger partial charge in [0.15, 0.2) is 5.54 Å². The van der Waals surface area contributed by atoms with Crippen LogP contribution in [0.5, 0.6) is 0 Å². The van der Waals surface area contributed by atoms with Crippen LogP contribution in [0.15, 0.2) is 96.2 Å². The van der Waals surface area contributed by atoms with E-state index in [4.69, 9.17) is 5.10 Å². The summed E-state index contributed by atoms with van der Waals surface area (Å²) in [6.45, 7) is 0. The van der Waals surface area contributed by atoms with E-state index in [0.29, 0.717) is 5.16 Å². The summed E-state index contributed by atoms with van der Waals surface area (Å²) in [6, 6.07) is 31.0. The maximum Gasteiger partial charge on any atom is 0.246 e. The molecule has 0 aliphatic rings. The van der Waals surface area contributed by atoms with E-state index in [1.807, 2.05) is 73.0 Å². The first-order chi connectivity index (χ1) is 13.7. The van der Waals surface area contributed by atoms with Crippen LogP contribution in [-0.4, -0.2) is 38.6 Å². The Hall–Kier alpha value is -2.96. The van der Waals surface area contributed by atoms with Gasteiger partial charge >= 0.3 is 0 Å². The molecule has 0 fully saturated rings. The fourth-order valence-electron chi connectivity index (χ4n) is 3.43. The highest BCUT2D eigenvalue weighted by atomic mass is 32.2. The number of rotatable bonds is 6. The molecule has 1 heterocycles. The summed E-state index contributed by atoms with van der Waals surface area (Å²) in [5.74, 6) is 0. The fraction of sp³-hybridized carbons (Fsp3) is 0.136. The van der Waals surface area contributed by atoms with Crippen LogP contribution in [-0.2, 0) is 5.54 Å². The minimum absolute atomic E-state index is 0.608. The lowest BCUT2D eigenvalue weighted by Gasteiger charge is -2.34. The predicted octanol–water partition coefficient (Wildman–Crippen LogP) is 4.08. The molecule has 0 atom stereocenters. The van der Waals surface area contributed by atoms with Crippen molar-refractivity contribution in [2.75, 3.05) is 14.1 Å². The Morgan fingerprint density at radius 2 is 1.14 bits per heavy atom. The average molecular weight is 388 g/mol. The molecule has 0 spiro atoms. The quantitative estimate of drug-likeness (QED) is 0.368. The first-order valence-corrected chi connectivity index (χ1v) is 9.81. The number of hydrogen-bond donors (Lipinski definition) is 0. The molecule has 5 nitrogen and oxygen atoms in total. The second-order valence-electron chi connectivity index (χ2n) is 6.57. The molecule has 140 valence electrons. The van der Waals surface area contributed by atoms with E-state index in [0.717, 1.165) is 16.7 Å². The maximum absolute atomic E-state index is 4.77. The van der Waals surface area contributed by atoms with Crippen molar-refractivity contribution < 1.29 is 0 Å². The van der Waals surface area contributed by atoms with Crippen LogP contribution in [0, 0.1) is 0 Å². The van der Waals surface area contributed by atoms with E-state index in [1.165, 1.54) is 11.9 Å². The van der Waals surface area contributed by atoms with E-state index >= 15 is 0 Å². The van der Waals surface area contributed by atoms with Crippen molar-refractivity contribution in [3.05, 3.63) is 108 Å². The third-order valence-electron chi connectivity index (χ3n) is 4.53. The van der Waals surface area contributed by atoms with Gasteiger partial charge < -0.3 is 0 Å². The molecule has 0 amide bonds. The van der Waals surface area contributed by atoms with Crippen molar-refractivity contribution in [2.45, 2.75) is 10.7 Å². The molecular weight excluding hydrogens is 366 g/mol. The summed E-state index contributed by atoms with van der Waals surface area (Å²) >= 11 is 1.45. The van der Waals surface area contributed by atoms with E-state index in [-0.39, 0.29) is 0 Å². The number of tetrazole rings is 1. The molecule has 0 unspecified atom stereocenters. The lowest BCUT2D eigenvalue weighted by molar-refractivity contribution is 0.392. The van der Waals surface area contributed by atoms with Crippen molar-refractivity contribution in [1.29, 1.82) is 0 Å². The zero-order valence-corrected chi connectivity index (χ0v) is 16.6. The summed E-state index contributed by atoms with van der Waals surface area (Å²) < 4.78 is 1.95. The number of aromatic nitrogens is 4. The maximum atomic E-state index is 4.77. The van der Waals surface area contributed by atoms with Crippen molar-refractivity contribution in [3.63, 3.8) is 0 Å². The summed E-state index contributed by atoms with van der Waals surface area (Å²) in [5.41, 5.74) is 2.51. The van der Waals surface area contributed by atoms with Gasteiger partial charge in [-0.05, 0) is 36.0 Å². The standard InChI is InChI=1S/C22H21N5S/c1-26(2)28-21-23-25-27(24-21)22(18-12-6-3-7-13-18,19-14-8-4-9-15-19)20-16-10-5-11-17-20/h3-17H,1-2H3. The van der Waals surface area contributed by atoms with Crippen LogP contribution in [0.4, 0.5) is 0 Å². The third-order valence-corrected chi connectivity index (χ3v) is 5.23. The second kappa shape index (κ2) is 7.96. The van der Waals surface area contributed by atoms with Crippen molar-refractivity contribution >= 4 is 11.9 Å². The van der Waals surface area contributed by atoms with Gasteiger partial charge in [-0.1, -0.05) is 96.1 Å². The number of nitrogens with zero attached hydrogens (tertiary/aromatic N) is 5. The van der Waals surface area contributed by atoms with Crippen molar-refractivity contribution in [1.82, 2.24) is 24.5 Å². The molecular formula is C22H21N5S. The molecule has 28 heavy (non-hydrogen) atoms. The lowest BCUT2D eigenvalue weighted by atomic mass is 9.77. The summed E-state index contributed by atoms with van der Waals surface area (Å²) in [4.78, 5) is 1.73. The van der Waals surface area contributed by atoms with Gasteiger partial charge in [-0.25, -0.2) is 4.31 Å². The topological polar surface area (TPSA) is 46.8 Å². The van der Waals surface area contributed by atoms with Crippen LogP contribution in [0.3, 0.4) is 0 Å². The van der Waals surface area contributed by atoms with Crippen LogP contribution >= 0.6 is 11.9 Å². The Balaban J connectivity index is 2.03. The van der Waals surface area contributed by atoms with Crippen LogP contribution < -0.4 is 0 Å². The van der Waals surface area contributed by atoms with Crippen LogP contribution in [0.25, 0.3) is 0 Å². The zero-order valence-electron chi connectivity index (χ0n) is 15.8. The van der Waals surface area contributed by atoms with Crippen LogP contribution in [0.2, 0.25) is 0 Å². The SMILES string of the molecule is CN(C)Sc1nnn(C(c2ccccc2)(c2ccccc2)c2ccccc2)n1. The highest BCUT2D eigenvalue weighted by molar-refractivity contribution is 7.96. The first-order valence-electron chi connectivity index (χ1n) is 9.03. The summed E-state index contributed by atoms with van der Waals surface area (Å²) in [7, 11) is 3.93. The summed E-state index contributed by atoms with van der Waals surface area (Å²) in [5, 5.41) is 14.2. The molecule has 4 rings (SSSR count). The normalized spacial score (nSPS) is 11.7. The highest BCUT2D eigenvalue weighted by Gasteiger charge is 2.41. The predicted molar refractivity (Wildman–Crippen MR) is 112 cm³/mol. The van der Waals surface area contributed by atoms with Gasteiger partial charge in [0.1, 0.15) is 0 Å². The molecule has 0 saturated carbocycles. The van der Waals surface area contributed by atoms with E-state index in [9.17, 15) is 0 Å². The Bertz CT molecular complexity index is 920. The van der Waals surface area contributed by atoms with Gasteiger partial charge in [-0.2, -0.15) is 0 Å². The lowest BCUT2D eigenvalue weighted by Crippen LogP contribution is -2.39. The van der Waals surface area contributed by atoms with Gasteiger partial charge in [0.2, 0.25) is 5.16 Å². The number of hydrogen-bond acceptors (Lipinski definition) is 5. The molecule has 0 aliphatic heterocycles. The number of benzene rings is 3. The highest BCUT2D eigenvalue weighted by Crippen LogP contribution is 2.39. The molecule has 0 radical (unpaired) electrons. The average Bonchev–Trinajstić information content (AvgIpc) is 3.19. The minimum Gasteiger partial charge on any atom is -0.250 e. The van der Waals surface area contributed by atoms with Gasteiger partial charge in [0, 0.05) is 11.9 Å². The first kappa shape index (κ1) is 18.4. The van der Waals surface area contributed by atoms with Gasteiger partial charge in [-0.15, -0.1) is 9.90 Å². The monoisotopic (exact) mass is 387 g/mol. The molecule has 4 aromatic rings. The van der Waals surface area contributed by atoms with E-state index in [1.54, 1.807) is 4.80 Å². The van der Waals surface area contributed by atoms with Crippen LogP contribution in [0.1, 0.15) is 16.7 Å². The third kappa shape index (κ3) is 3.32. The van der Waals surface area contributed by atoms with E-state index in [2.05, 4.69) is 46.7 Å². The van der Waals surface area contributed by atoms with Gasteiger partial charge in [0.05, 0.1) is 0 Å². The molecule has 0 bridgehead atoms. The molecule has 3 aromatic carbocycles. The Morgan fingerprint density at radius 1 is 0.714 bits per heavy atom. The second-order valence-corrected chi connectivity index (χ2v) is 7.85. The largest absolute Gasteiger partial charge is 0.250 e. The molecule has 0 saturated heterocycles. The Labute approximate surface area is 169 Å². The van der Waals surface area contributed by atoms with Gasteiger partial charge in [0.25, 0.3) is 0 Å². The van der Waals surface area contributed by atoms with E-state index < -0.39 is 5.54 Å². The molecule has 0 N–H and O–H groups in total. The van der Waals surface area contributed by atoms with Crippen molar-refractivity contribution in [3.8, 4) is 0 Å². The Morgan fingerprint density at radius 3 is 1.54 bits per heavy atom. The minimum atomic E-state index is -0.720. The molecule has 0 aliphatic carbocycles. The Kier molecular flexibility index (Phi) is 5.23. The van der Waals surface area contributed by atoms with Crippen molar-refractivity contribution in [2.24, 2.45) is 0 Å². The molecule has 1 aromatic heterocycles. The fourth-order valence-corrected chi connectivity index (χ4v) is 3.94. The zero-order chi connectivity index (χ0) is 19.4. The summed E-state index contributed by atoms with van der Waals surface area (Å²) in [6.07, 6.45) is 0. The molecule has 6 heteroatoms.